The van der Waals surface area contributed by atoms with Crippen molar-refractivity contribution in [2.75, 3.05) is 6.66 Å². The third-order valence-electron chi connectivity index (χ3n) is 0. The molecule has 4 heteroatoms. The van der Waals surface area contributed by atoms with Crippen molar-refractivity contribution in [2.24, 2.45) is 0 Å². The van der Waals surface area contributed by atoms with E-state index in [9.17, 15) is 4.20 Å². The summed E-state index contributed by atoms with van der Waals surface area (Å²) in [6.45, 7) is 1.49. The zero-order chi connectivity index (χ0) is 5.41. The first-order valence-corrected chi connectivity index (χ1v) is 4.66. The van der Waals surface area contributed by atoms with Crippen molar-refractivity contribution < 1.29 is 4.20 Å². The van der Waals surface area contributed by atoms with Crippen LogP contribution in [0.2, 0.25) is 0 Å². The zero-order valence-electron chi connectivity index (χ0n) is 3.44. The highest BCUT2D eigenvalue weighted by atomic mass is 32.7. The van der Waals surface area contributed by atoms with Gasteiger partial charge in [0, 0.05) is 0 Å². The Morgan fingerprint density at radius 2 is 1.08 bits per heavy atom. The van der Waals surface area contributed by atoms with Crippen molar-refractivity contribution in [2.45, 2.75) is 44.6 Å². The Morgan fingerprint density at radius 3 is 1.08 bits per heavy atom. The summed E-state index contributed by atoms with van der Waals surface area (Å²) in [6.07, 6.45) is 3.27. The molecule has 0 aliphatic heterocycles. The standard InChI is InChI=1S/CH4FP.CH2PS.6CH4/c1-3-2;1-2-3;;;;;;/h3H,1H3;1H2;6*1H4/q;-1;;;;;;. The maximum absolute atomic E-state index is 10.3. The lowest BCUT2D eigenvalue weighted by atomic mass is 12.0. The van der Waals surface area contributed by atoms with Gasteiger partial charge in [0.1, 0.15) is 0 Å². The van der Waals surface area contributed by atoms with Gasteiger partial charge in [-0.2, -0.15) is 0 Å². The molecule has 0 saturated carbocycles. The molecule has 1 unspecified atom stereocenters. The highest BCUT2D eigenvalue weighted by Crippen LogP contribution is 1.97. The van der Waals surface area contributed by atoms with Gasteiger partial charge < -0.3 is 12.2 Å². The van der Waals surface area contributed by atoms with E-state index in [1.807, 2.05) is 0 Å². The fourth-order valence-electron chi connectivity index (χ4n) is 0. The van der Waals surface area contributed by atoms with Crippen LogP contribution in [0, 0.1) is 0 Å². The molecular formula is C8H30FP2S-. The van der Waals surface area contributed by atoms with Gasteiger partial charge in [-0.05, 0) is 6.66 Å². The minimum atomic E-state index is -0.417. The van der Waals surface area contributed by atoms with E-state index >= 15 is 0 Å². The Bertz CT molecular complexity index is 31.0. The molecule has 0 bridgehead atoms. The van der Waals surface area contributed by atoms with Crippen LogP contribution in [0.15, 0.2) is 0 Å². The van der Waals surface area contributed by atoms with Gasteiger partial charge in [-0.15, -0.1) is 6.30 Å². The molecule has 0 spiro atoms. The number of hydrogen-bond donors (Lipinski definition) is 0. The lowest BCUT2D eigenvalue weighted by Crippen LogP contribution is -1.03. The van der Waals surface area contributed by atoms with E-state index in [0.29, 0.717) is 0 Å². The molecule has 0 aliphatic rings. The normalized spacial score (nSPS) is 4.25. The maximum atomic E-state index is 10.3. The van der Waals surface area contributed by atoms with Gasteiger partial charge in [0.15, 0.2) is 0 Å². The van der Waals surface area contributed by atoms with Crippen LogP contribution >= 0.6 is 16.3 Å². The highest BCUT2D eigenvalue weighted by molar-refractivity contribution is 8.23. The SMILES string of the molecule is C.C.C.C.C.C.C=P[S-].CPF. The number of hydrogen-bond acceptors (Lipinski definition) is 1. The van der Waals surface area contributed by atoms with Crippen LogP contribution in [0.25, 0.3) is 0 Å². The van der Waals surface area contributed by atoms with Crippen LogP contribution in [-0.2, 0) is 12.2 Å². The molecule has 0 aromatic heterocycles. The molecule has 0 fully saturated rings. The summed E-state index contributed by atoms with van der Waals surface area (Å²) in [7, 11) is 0.333. The topological polar surface area (TPSA) is 0 Å². The maximum Gasteiger partial charge on any atom is 0.0639 e. The molecule has 0 aliphatic carbocycles. The molecule has 0 N–H and O–H groups in total. The lowest BCUT2D eigenvalue weighted by molar-refractivity contribution is 0.925. The molecule has 12 heavy (non-hydrogen) atoms. The molecule has 1 atom stereocenters. The van der Waals surface area contributed by atoms with Crippen LogP contribution in [-0.4, -0.2) is 13.0 Å². The smallest absolute Gasteiger partial charge is 0.0639 e. The molecule has 0 radical (unpaired) electrons. The van der Waals surface area contributed by atoms with E-state index in [2.05, 4.69) is 18.5 Å². The summed E-state index contributed by atoms with van der Waals surface area (Å²) < 4.78 is 10.3. The molecular weight excluding hydrogens is 209 g/mol. The van der Waals surface area contributed by atoms with Gasteiger partial charge in [0.2, 0.25) is 0 Å². The summed E-state index contributed by atoms with van der Waals surface area (Å²) in [5.74, 6) is 0. The van der Waals surface area contributed by atoms with Gasteiger partial charge >= 0.3 is 0 Å². The Morgan fingerprint density at radius 1 is 1.08 bits per heavy atom. The average molecular weight is 239 g/mol. The van der Waals surface area contributed by atoms with Gasteiger partial charge in [-0.1, -0.05) is 44.6 Å². The monoisotopic (exact) mass is 239 g/mol. The summed E-state index contributed by atoms with van der Waals surface area (Å²) in [4.78, 5) is 0. The first-order valence-electron chi connectivity index (χ1n) is 1.19. The van der Waals surface area contributed by atoms with E-state index in [1.54, 1.807) is 0 Å². The first-order chi connectivity index (χ1) is 2.83. The largest absolute Gasteiger partial charge is 0.728 e. The molecule has 0 amide bonds. The minimum absolute atomic E-state index is 0. The molecule has 0 aromatic carbocycles. The predicted octanol–water partition coefficient (Wildman–Crippen LogP) is 5.82. The lowest BCUT2D eigenvalue weighted by Gasteiger charge is -1.67. The van der Waals surface area contributed by atoms with Crippen molar-refractivity contribution in [3.05, 3.63) is 0 Å². The summed E-state index contributed by atoms with van der Waals surface area (Å²) in [5, 5.41) is 0. The van der Waals surface area contributed by atoms with Crippen molar-refractivity contribution in [1.82, 2.24) is 0 Å². The molecule has 0 heterocycles. The van der Waals surface area contributed by atoms with Gasteiger partial charge in [0.25, 0.3) is 0 Å². The van der Waals surface area contributed by atoms with Crippen LogP contribution in [0.4, 0.5) is 4.20 Å². The molecule has 0 nitrogen and oxygen atoms in total. The molecule has 0 saturated heterocycles. The molecule has 0 rings (SSSR count). The van der Waals surface area contributed by atoms with E-state index in [4.69, 9.17) is 0 Å². The van der Waals surface area contributed by atoms with Crippen molar-refractivity contribution >= 4 is 34.8 Å². The average Bonchev–Trinajstić information content (AvgIpc) is 1.39. The van der Waals surface area contributed by atoms with E-state index in [-0.39, 0.29) is 44.6 Å². The number of halogens is 1. The first kappa shape index (κ1) is 76.3. The quantitative estimate of drug-likeness (QED) is 0.379. The molecule has 0 aromatic rings. The van der Waals surface area contributed by atoms with Gasteiger partial charge in [-0.25, -0.2) is 4.20 Å². The minimum Gasteiger partial charge on any atom is -0.728 e. The fourth-order valence-corrected chi connectivity index (χ4v) is 0. The van der Waals surface area contributed by atoms with Crippen LogP contribution in [0.1, 0.15) is 44.6 Å². The molecule has 86 valence electrons. The second-order valence-electron chi connectivity index (χ2n) is 0.318. The summed E-state index contributed by atoms with van der Waals surface area (Å²) in [6, 6.07) is 0. The predicted molar refractivity (Wildman–Crippen MR) is 77.1 cm³/mol. The Balaban J connectivity index is -0.00000000296. The summed E-state index contributed by atoms with van der Waals surface area (Å²) in [5.41, 5.74) is 0. The van der Waals surface area contributed by atoms with Gasteiger partial charge in [-0.3, -0.25) is 7.41 Å². The van der Waals surface area contributed by atoms with Crippen LogP contribution in [0.3, 0.4) is 0 Å². The number of rotatable bonds is 0. The second kappa shape index (κ2) is 170. The van der Waals surface area contributed by atoms with E-state index in [1.165, 1.54) is 6.66 Å². The van der Waals surface area contributed by atoms with Crippen LogP contribution < -0.4 is 0 Å². The van der Waals surface area contributed by atoms with Crippen molar-refractivity contribution in [3.63, 3.8) is 0 Å². The van der Waals surface area contributed by atoms with E-state index in [0.717, 1.165) is 7.41 Å². The third-order valence-corrected chi connectivity index (χ3v) is 0. The van der Waals surface area contributed by atoms with E-state index < -0.39 is 8.89 Å². The van der Waals surface area contributed by atoms with Gasteiger partial charge in [0.05, 0.1) is 8.89 Å². The highest BCUT2D eigenvalue weighted by Gasteiger charge is 1.39. The third kappa shape index (κ3) is 1370. The zero-order valence-corrected chi connectivity index (χ0v) is 6.15. The van der Waals surface area contributed by atoms with Crippen molar-refractivity contribution in [1.29, 1.82) is 0 Å². The van der Waals surface area contributed by atoms with Crippen LogP contribution in [0.5, 0.6) is 0 Å². The Kier molecular flexibility index (Phi) is 1080. The Hall–Kier alpha value is 0.880. The summed E-state index contributed by atoms with van der Waals surface area (Å²) >= 11 is 4.25. The second-order valence-corrected chi connectivity index (χ2v) is 1.73. The Labute approximate surface area is 90.6 Å². The fraction of sp³-hybridized carbons (Fsp3) is 0.875. The van der Waals surface area contributed by atoms with Crippen molar-refractivity contribution in [3.8, 4) is 0 Å².